The third kappa shape index (κ3) is 3.32. The van der Waals surface area contributed by atoms with E-state index in [1.165, 1.54) is 6.42 Å². The molecule has 1 saturated carbocycles. The number of ether oxygens (including phenoxy) is 1. The van der Waals surface area contributed by atoms with Crippen LogP contribution in [0.1, 0.15) is 44.9 Å². The number of amides is 1. The van der Waals surface area contributed by atoms with E-state index < -0.39 is 5.41 Å². The maximum atomic E-state index is 12.5. The number of aliphatic hydroxyl groups is 1. The van der Waals surface area contributed by atoms with E-state index in [1.54, 1.807) is 0 Å². The summed E-state index contributed by atoms with van der Waals surface area (Å²) in [5.74, 6) is 0.0432. The lowest BCUT2D eigenvalue weighted by Crippen LogP contribution is -2.52. The summed E-state index contributed by atoms with van der Waals surface area (Å²) in [5.41, 5.74) is 5.26. The van der Waals surface area contributed by atoms with E-state index in [4.69, 9.17) is 10.5 Å². The summed E-state index contributed by atoms with van der Waals surface area (Å²) in [6.45, 7) is 2.32. The summed E-state index contributed by atoms with van der Waals surface area (Å²) in [7, 11) is 0. The summed E-state index contributed by atoms with van der Waals surface area (Å²) in [4.78, 5) is 12.5. The molecule has 1 saturated heterocycles. The molecule has 5 nitrogen and oxygen atoms in total. The summed E-state index contributed by atoms with van der Waals surface area (Å²) >= 11 is 0. The van der Waals surface area contributed by atoms with E-state index in [1.807, 2.05) is 0 Å². The number of aliphatic hydroxyl groups excluding tert-OH is 1. The molecule has 5 heteroatoms. The standard InChI is InChI=1S/C15H28N2O3/c16-10-15(6-8-20-9-7-15)13(19)17-11-14(12-18)4-2-1-3-5-14/h18H,1-12,16H2,(H,17,19). The van der Waals surface area contributed by atoms with Crippen LogP contribution in [0, 0.1) is 10.8 Å². The molecular weight excluding hydrogens is 256 g/mol. The number of nitrogens with two attached hydrogens (primary N) is 1. The van der Waals surface area contributed by atoms with Gasteiger partial charge in [0.2, 0.25) is 5.91 Å². The lowest BCUT2D eigenvalue weighted by Gasteiger charge is -2.39. The Kier molecular flexibility index (Phi) is 5.41. The first-order valence-corrected chi connectivity index (χ1v) is 7.83. The largest absolute Gasteiger partial charge is 0.396 e. The normalized spacial score (nSPS) is 25.1. The summed E-state index contributed by atoms with van der Waals surface area (Å²) in [5, 5.41) is 12.8. The van der Waals surface area contributed by atoms with Crippen LogP contribution in [-0.4, -0.2) is 43.9 Å². The number of carbonyl (C=O) groups is 1. The number of hydrogen-bond donors (Lipinski definition) is 3. The van der Waals surface area contributed by atoms with Crippen molar-refractivity contribution < 1.29 is 14.6 Å². The van der Waals surface area contributed by atoms with Crippen molar-refractivity contribution in [3.8, 4) is 0 Å². The van der Waals surface area contributed by atoms with Gasteiger partial charge in [0.15, 0.2) is 0 Å². The maximum Gasteiger partial charge on any atom is 0.227 e. The Morgan fingerprint density at radius 2 is 1.80 bits per heavy atom. The fraction of sp³-hybridized carbons (Fsp3) is 0.933. The third-order valence-corrected chi connectivity index (χ3v) is 5.20. The van der Waals surface area contributed by atoms with Gasteiger partial charge in [-0.2, -0.15) is 0 Å². The zero-order chi connectivity index (χ0) is 14.5. The van der Waals surface area contributed by atoms with Crippen LogP contribution in [0.4, 0.5) is 0 Å². The van der Waals surface area contributed by atoms with E-state index in [9.17, 15) is 9.90 Å². The molecule has 0 aromatic rings. The van der Waals surface area contributed by atoms with Gasteiger partial charge in [0.05, 0.1) is 12.0 Å². The van der Waals surface area contributed by atoms with Gasteiger partial charge in [-0.3, -0.25) is 4.79 Å². The molecule has 1 amide bonds. The highest BCUT2D eigenvalue weighted by Gasteiger charge is 2.40. The lowest BCUT2D eigenvalue weighted by molar-refractivity contribution is -0.136. The summed E-state index contributed by atoms with van der Waals surface area (Å²) in [6, 6.07) is 0. The smallest absolute Gasteiger partial charge is 0.227 e. The first-order valence-electron chi connectivity index (χ1n) is 7.83. The average molecular weight is 284 g/mol. The van der Waals surface area contributed by atoms with E-state index in [0.29, 0.717) is 39.1 Å². The molecule has 0 unspecified atom stereocenters. The number of rotatable bonds is 5. The highest BCUT2D eigenvalue weighted by Crippen LogP contribution is 2.36. The van der Waals surface area contributed by atoms with Crippen molar-refractivity contribution in [1.82, 2.24) is 5.32 Å². The second kappa shape index (κ2) is 6.87. The molecule has 1 heterocycles. The van der Waals surface area contributed by atoms with E-state index in [-0.39, 0.29) is 17.9 Å². The molecule has 0 aromatic heterocycles. The Hall–Kier alpha value is -0.650. The van der Waals surface area contributed by atoms with Gasteiger partial charge >= 0.3 is 0 Å². The first-order chi connectivity index (χ1) is 9.66. The number of carbonyl (C=O) groups excluding carboxylic acids is 1. The molecule has 0 radical (unpaired) electrons. The predicted octanol–water partition coefficient (Wildman–Crippen LogP) is 0.801. The van der Waals surface area contributed by atoms with Gasteiger partial charge in [0.1, 0.15) is 0 Å². The van der Waals surface area contributed by atoms with Crippen molar-refractivity contribution in [3.63, 3.8) is 0 Å². The highest BCUT2D eigenvalue weighted by molar-refractivity contribution is 5.83. The van der Waals surface area contributed by atoms with Crippen LogP contribution in [0.5, 0.6) is 0 Å². The zero-order valence-electron chi connectivity index (χ0n) is 12.3. The first kappa shape index (κ1) is 15.7. The van der Waals surface area contributed by atoms with E-state index >= 15 is 0 Å². The molecule has 2 aliphatic rings. The van der Waals surface area contributed by atoms with Crippen LogP contribution < -0.4 is 11.1 Å². The van der Waals surface area contributed by atoms with Crippen molar-refractivity contribution in [2.24, 2.45) is 16.6 Å². The van der Waals surface area contributed by atoms with Gasteiger partial charge in [-0.15, -0.1) is 0 Å². The summed E-state index contributed by atoms with van der Waals surface area (Å²) in [6.07, 6.45) is 6.92. The van der Waals surface area contributed by atoms with Crippen LogP contribution >= 0.6 is 0 Å². The van der Waals surface area contributed by atoms with E-state index in [2.05, 4.69) is 5.32 Å². The van der Waals surface area contributed by atoms with Crippen molar-refractivity contribution in [1.29, 1.82) is 0 Å². The topological polar surface area (TPSA) is 84.6 Å². The Bertz CT molecular complexity index is 321. The van der Waals surface area contributed by atoms with Crippen molar-refractivity contribution in [2.45, 2.75) is 44.9 Å². The molecule has 4 N–H and O–H groups in total. The van der Waals surface area contributed by atoms with Gasteiger partial charge in [0.25, 0.3) is 0 Å². The monoisotopic (exact) mass is 284 g/mol. The lowest BCUT2D eigenvalue weighted by atomic mass is 9.74. The Labute approximate surface area is 121 Å². The second-order valence-electron chi connectivity index (χ2n) is 6.50. The SMILES string of the molecule is NCC1(C(=O)NCC2(CO)CCCCC2)CCOCC1. The molecule has 20 heavy (non-hydrogen) atoms. The molecular formula is C15H28N2O3. The van der Waals surface area contributed by atoms with Crippen molar-refractivity contribution in [3.05, 3.63) is 0 Å². The van der Waals surface area contributed by atoms with Crippen LogP contribution in [0.25, 0.3) is 0 Å². The Morgan fingerprint density at radius 3 is 2.35 bits per heavy atom. The summed E-state index contributed by atoms with van der Waals surface area (Å²) < 4.78 is 5.34. The van der Waals surface area contributed by atoms with Crippen molar-refractivity contribution in [2.75, 3.05) is 32.9 Å². The van der Waals surface area contributed by atoms with Gasteiger partial charge < -0.3 is 20.9 Å². The number of nitrogens with one attached hydrogen (secondary N) is 1. The van der Waals surface area contributed by atoms with Gasteiger partial charge in [-0.05, 0) is 25.7 Å². The van der Waals surface area contributed by atoms with E-state index in [0.717, 1.165) is 25.7 Å². The van der Waals surface area contributed by atoms with Crippen LogP contribution in [0.3, 0.4) is 0 Å². The third-order valence-electron chi connectivity index (χ3n) is 5.20. The zero-order valence-corrected chi connectivity index (χ0v) is 12.3. The molecule has 2 rings (SSSR count). The molecule has 2 fully saturated rings. The van der Waals surface area contributed by atoms with Gasteiger partial charge in [-0.25, -0.2) is 0 Å². The molecule has 116 valence electrons. The molecule has 1 aliphatic carbocycles. The molecule has 0 bridgehead atoms. The molecule has 1 aliphatic heterocycles. The number of hydrogen-bond acceptors (Lipinski definition) is 4. The van der Waals surface area contributed by atoms with Crippen molar-refractivity contribution >= 4 is 5.91 Å². The highest BCUT2D eigenvalue weighted by atomic mass is 16.5. The Morgan fingerprint density at radius 1 is 1.15 bits per heavy atom. The fourth-order valence-electron chi connectivity index (χ4n) is 3.43. The minimum Gasteiger partial charge on any atom is -0.396 e. The predicted molar refractivity (Wildman–Crippen MR) is 77.2 cm³/mol. The molecule has 0 atom stereocenters. The maximum absolute atomic E-state index is 12.5. The quantitative estimate of drug-likeness (QED) is 0.697. The fourth-order valence-corrected chi connectivity index (χ4v) is 3.43. The van der Waals surface area contributed by atoms with Crippen LogP contribution in [0.15, 0.2) is 0 Å². The minimum atomic E-state index is -0.469. The van der Waals surface area contributed by atoms with Gasteiger partial charge in [0, 0.05) is 31.7 Å². The Balaban J connectivity index is 1.92. The second-order valence-corrected chi connectivity index (χ2v) is 6.50. The van der Waals surface area contributed by atoms with Crippen LogP contribution in [0.2, 0.25) is 0 Å². The molecule has 0 aromatic carbocycles. The minimum absolute atomic E-state index is 0.0432. The van der Waals surface area contributed by atoms with Crippen LogP contribution in [-0.2, 0) is 9.53 Å². The molecule has 0 spiro atoms. The van der Waals surface area contributed by atoms with Gasteiger partial charge in [-0.1, -0.05) is 19.3 Å². The average Bonchev–Trinajstić information content (AvgIpc) is 2.54.